The molecule has 68 heavy (non-hydrogen) atoms. The van der Waals surface area contributed by atoms with Crippen LogP contribution in [0.1, 0.15) is 69.7 Å². The number of Topliss-reactive ketones (excluding diaryl/α,β-unsaturated/α-hetero) is 1. The van der Waals surface area contributed by atoms with Gasteiger partial charge in [0.25, 0.3) is 0 Å². The number of anilines is 2. The second-order valence-corrected chi connectivity index (χ2v) is 18.6. The van der Waals surface area contributed by atoms with Crippen LogP contribution in [0, 0.1) is 0 Å². The van der Waals surface area contributed by atoms with Gasteiger partial charge in [0.1, 0.15) is 10.8 Å². The Morgan fingerprint density at radius 2 is 0.926 bits per heavy atom. The number of carbonyl (C=O) groups is 2. The quantitative estimate of drug-likeness (QED) is 0.0843. The fourth-order valence-corrected chi connectivity index (χ4v) is 9.71. The van der Waals surface area contributed by atoms with Crippen LogP contribution in [0.2, 0.25) is 20.1 Å². The molecule has 8 rings (SSSR count). The summed E-state index contributed by atoms with van der Waals surface area (Å²) < 4.78 is 85.0. The topological polar surface area (TPSA) is 66.6 Å². The lowest BCUT2D eigenvalue weighted by Crippen LogP contribution is -2.44. The zero-order chi connectivity index (χ0) is 48.6. The van der Waals surface area contributed by atoms with Crippen LogP contribution in [0.3, 0.4) is 0 Å². The Morgan fingerprint density at radius 3 is 1.26 bits per heavy atom. The predicted octanol–water partition coefficient (Wildman–Crippen LogP) is 15.5. The molecule has 2 unspecified atom stereocenters. The van der Waals surface area contributed by atoms with Crippen molar-refractivity contribution in [2.75, 3.05) is 36.0 Å². The van der Waals surface area contributed by atoms with Crippen molar-refractivity contribution >= 4 is 85.4 Å². The highest BCUT2D eigenvalue weighted by Gasteiger charge is 2.60. The monoisotopic (exact) mass is 1080 g/mol. The van der Waals surface area contributed by atoms with Gasteiger partial charge >= 0.3 is 12.4 Å². The smallest absolute Gasteiger partial charge is 0.370 e. The number of alkyl halides is 7. The molecule has 6 aromatic carbocycles. The van der Waals surface area contributed by atoms with E-state index >= 15 is 0 Å². The number of carbonyl (C=O) groups excluding carboxylic acids is 2. The summed E-state index contributed by atoms with van der Waals surface area (Å²) in [5, 5.41) is 1.52. The normalized spacial score (nSPS) is 17.9. The van der Waals surface area contributed by atoms with E-state index in [4.69, 9.17) is 52.1 Å². The summed E-state index contributed by atoms with van der Waals surface area (Å²) in [6.45, 7) is 0.215. The molecular formula is C52H48BrCl4F6N3O2. The molecule has 1 amide bonds. The molecule has 2 aliphatic rings. The molecule has 2 atom stereocenters. The Balaban J connectivity index is 0.000000217. The minimum absolute atomic E-state index is 0. The maximum atomic E-state index is 14.3. The number of rotatable bonds is 10. The molecule has 6 aromatic rings. The molecular weight excluding hydrogens is 1030 g/mol. The second-order valence-electron chi connectivity index (χ2n) is 16.3. The van der Waals surface area contributed by atoms with Crippen LogP contribution in [0.15, 0.2) is 146 Å². The van der Waals surface area contributed by atoms with Gasteiger partial charge < -0.3 is 15.5 Å². The van der Waals surface area contributed by atoms with Crippen LogP contribution < -0.4 is 15.5 Å². The molecule has 360 valence electrons. The summed E-state index contributed by atoms with van der Waals surface area (Å²) in [6.07, 6.45) is -8.02. The SMILES string of the molecule is C.FC(F)(F)C1(c2cc(Cl)cc(Cl)c2)CCN(c2ccc(CBr)cc2)C1.NC(=O)c1ccccc1.O=C(CCc1ccc(N2CCC(c3cc(Cl)cc(Cl)c3)(C(F)(F)F)C2)cc1)c1ccccc1. The van der Waals surface area contributed by atoms with Gasteiger partial charge in [-0.05, 0) is 114 Å². The molecule has 0 saturated carbocycles. The highest BCUT2D eigenvalue weighted by molar-refractivity contribution is 9.08. The molecule has 2 fully saturated rings. The summed E-state index contributed by atoms with van der Waals surface area (Å²) in [5.41, 5.74) is 5.94. The van der Waals surface area contributed by atoms with Gasteiger partial charge in [0.15, 0.2) is 5.78 Å². The molecule has 0 radical (unpaired) electrons. The van der Waals surface area contributed by atoms with Gasteiger partial charge in [-0.15, -0.1) is 0 Å². The fraction of sp³-hybridized carbons (Fsp3) is 0.269. The first kappa shape index (κ1) is 54.2. The largest absolute Gasteiger partial charge is 0.400 e. The van der Waals surface area contributed by atoms with Crippen molar-refractivity contribution in [1.82, 2.24) is 0 Å². The van der Waals surface area contributed by atoms with Gasteiger partial charge in [-0.1, -0.05) is 143 Å². The molecule has 2 aliphatic heterocycles. The van der Waals surface area contributed by atoms with Crippen LogP contribution in [0.5, 0.6) is 0 Å². The first-order chi connectivity index (χ1) is 31.7. The Kier molecular flexibility index (Phi) is 18.5. The van der Waals surface area contributed by atoms with Gasteiger partial charge in [0.05, 0.1) is 0 Å². The Labute approximate surface area is 421 Å². The number of hydrogen-bond acceptors (Lipinski definition) is 4. The molecule has 0 spiro atoms. The number of primary amides is 1. The minimum atomic E-state index is -4.45. The van der Waals surface area contributed by atoms with Crippen LogP contribution in [-0.2, 0) is 22.6 Å². The Hall–Kier alpha value is -4.72. The highest BCUT2D eigenvalue weighted by atomic mass is 79.9. The third kappa shape index (κ3) is 13.1. The van der Waals surface area contributed by atoms with Crippen LogP contribution >= 0.6 is 62.3 Å². The highest BCUT2D eigenvalue weighted by Crippen LogP contribution is 2.51. The van der Waals surface area contributed by atoms with E-state index in [2.05, 4.69) is 15.9 Å². The van der Waals surface area contributed by atoms with Crippen LogP contribution in [0.25, 0.3) is 0 Å². The first-order valence-electron chi connectivity index (χ1n) is 21.0. The minimum Gasteiger partial charge on any atom is -0.370 e. The van der Waals surface area contributed by atoms with Gasteiger partial charge in [-0.3, -0.25) is 9.59 Å². The third-order valence-electron chi connectivity index (χ3n) is 12.0. The summed E-state index contributed by atoms with van der Waals surface area (Å²) in [4.78, 5) is 26.2. The maximum absolute atomic E-state index is 14.3. The third-order valence-corrected chi connectivity index (χ3v) is 13.5. The van der Waals surface area contributed by atoms with Gasteiger partial charge in [-0.2, -0.15) is 26.3 Å². The van der Waals surface area contributed by atoms with Crippen LogP contribution in [-0.4, -0.2) is 50.2 Å². The van der Waals surface area contributed by atoms with Crippen molar-refractivity contribution in [2.24, 2.45) is 5.73 Å². The number of amides is 1. The van der Waals surface area contributed by atoms with E-state index in [0.29, 0.717) is 41.5 Å². The number of nitrogens with two attached hydrogens (primary N) is 1. The lowest BCUT2D eigenvalue weighted by molar-refractivity contribution is -0.185. The number of nitrogens with zero attached hydrogens (tertiary/aromatic N) is 2. The number of aryl methyl sites for hydroxylation is 1. The van der Waals surface area contributed by atoms with E-state index in [9.17, 15) is 35.9 Å². The summed E-state index contributed by atoms with van der Waals surface area (Å²) >= 11 is 27.3. The Bertz CT molecular complexity index is 2580. The summed E-state index contributed by atoms with van der Waals surface area (Å²) in [6, 6.07) is 41.1. The Morgan fingerprint density at radius 1 is 0.559 bits per heavy atom. The molecule has 2 N–H and O–H groups in total. The zero-order valence-corrected chi connectivity index (χ0v) is 40.3. The molecule has 5 nitrogen and oxygen atoms in total. The summed E-state index contributed by atoms with van der Waals surface area (Å²) in [7, 11) is 0. The van der Waals surface area contributed by atoms with E-state index in [1.165, 1.54) is 36.4 Å². The number of ketones is 1. The summed E-state index contributed by atoms with van der Waals surface area (Å²) in [5.74, 6) is -0.315. The molecule has 2 heterocycles. The molecule has 2 saturated heterocycles. The lowest BCUT2D eigenvalue weighted by atomic mass is 9.79. The van der Waals surface area contributed by atoms with E-state index in [1.54, 1.807) is 46.2 Å². The van der Waals surface area contributed by atoms with Crippen molar-refractivity contribution in [3.63, 3.8) is 0 Å². The van der Waals surface area contributed by atoms with Crippen molar-refractivity contribution in [2.45, 2.75) is 61.6 Å². The van der Waals surface area contributed by atoms with Crippen molar-refractivity contribution < 1.29 is 35.9 Å². The van der Waals surface area contributed by atoms with Crippen molar-refractivity contribution in [3.8, 4) is 0 Å². The first-order valence-corrected chi connectivity index (χ1v) is 23.6. The van der Waals surface area contributed by atoms with Crippen molar-refractivity contribution in [3.05, 3.63) is 199 Å². The van der Waals surface area contributed by atoms with Gasteiger partial charge in [-0.25, -0.2) is 0 Å². The standard InChI is InChI=1S/C26H22Cl2F3NO.C18H15BrCl2F3N.C7H7NO.CH4/c27-21-14-20(15-22(28)16-21)25(26(29,30)31)12-13-32(17-25)23-9-6-18(7-10-23)8-11-24(33)19-4-2-1-3-5-19;19-10-12-1-3-16(4-2-12)25-6-5-17(11-25,18(22,23)24)13-7-14(20)9-15(21)8-13;8-7(9)6-4-2-1-3-5-6;/h1-7,9-10,14-16H,8,11-13,17H2;1-4,7-9H,5-6,10-11H2;1-5H,(H2,8,9);1H4. The predicted molar refractivity (Wildman–Crippen MR) is 268 cm³/mol. The second kappa shape index (κ2) is 23.3. The van der Waals surface area contributed by atoms with E-state index in [1.807, 2.05) is 72.8 Å². The molecule has 0 aromatic heterocycles. The molecule has 0 bridgehead atoms. The number of hydrogen-bond donors (Lipinski definition) is 1. The average Bonchev–Trinajstić information content (AvgIpc) is 3.98. The number of halogens is 11. The lowest BCUT2D eigenvalue weighted by Gasteiger charge is -2.33. The number of benzene rings is 6. The average molecular weight is 1080 g/mol. The van der Waals surface area contributed by atoms with Crippen molar-refractivity contribution in [1.29, 1.82) is 0 Å². The van der Waals surface area contributed by atoms with Crippen LogP contribution in [0.4, 0.5) is 37.7 Å². The van der Waals surface area contributed by atoms with E-state index < -0.39 is 23.2 Å². The van der Waals surface area contributed by atoms with Gasteiger partial charge in [0, 0.05) is 80.5 Å². The zero-order valence-electron chi connectivity index (χ0n) is 35.7. The van der Waals surface area contributed by atoms with E-state index in [0.717, 1.165) is 16.8 Å². The van der Waals surface area contributed by atoms with Gasteiger partial charge in [0.2, 0.25) is 5.91 Å². The van der Waals surface area contributed by atoms with E-state index in [-0.39, 0.29) is 82.8 Å². The fourth-order valence-electron chi connectivity index (χ4n) is 8.28. The molecule has 0 aliphatic carbocycles. The molecule has 16 heteroatoms. The maximum Gasteiger partial charge on any atom is 0.400 e.